The van der Waals surface area contributed by atoms with Crippen LogP contribution in [0.1, 0.15) is 57.0 Å². The van der Waals surface area contributed by atoms with E-state index in [9.17, 15) is 0 Å². The third-order valence-electron chi connectivity index (χ3n) is 5.60. The standard InChI is InChI=1S/C21H29N7O2/c1-14(2)19-25-21(30-27-19)28-11-8-16(9-12-28)5-4-10-22-18-7-6-17(15(3)24-18)20-26-23-13-29-20/h6-7,13-14,16H,4-5,8-12H2,1-3H3,(H,22,24). The number of anilines is 2. The lowest BCUT2D eigenvalue weighted by molar-refractivity contribution is 0.346. The van der Waals surface area contributed by atoms with Gasteiger partial charge in [0, 0.05) is 25.6 Å². The van der Waals surface area contributed by atoms with Gasteiger partial charge in [0.15, 0.2) is 5.82 Å². The maximum Gasteiger partial charge on any atom is 0.324 e. The normalized spacial score (nSPS) is 15.1. The van der Waals surface area contributed by atoms with E-state index in [0.29, 0.717) is 17.8 Å². The summed E-state index contributed by atoms with van der Waals surface area (Å²) in [6.45, 7) is 8.98. The first-order valence-corrected chi connectivity index (χ1v) is 10.7. The number of nitrogens with one attached hydrogen (secondary N) is 1. The molecule has 1 aliphatic heterocycles. The van der Waals surface area contributed by atoms with Crippen molar-refractivity contribution in [3.05, 3.63) is 30.0 Å². The molecule has 1 saturated heterocycles. The van der Waals surface area contributed by atoms with E-state index < -0.39 is 0 Å². The van der Waals surface area contributed by atoms with E-state index in [1.807, 2.05) is 19.1 Å². The topological polar surface area (TPSA) is 106 Å². The molecule has 3 aromatic rings. The van der Waals surface area contributed by atoms with Gasteiger partial charge in [0.2, 0.25) is 12.3 Å². The fourth-order valence-electron chi connectivity index (χ4n) is 3.79. The molecule has 160 valence electrons. The Hall–Kier alpha value is -2.97. The van der Waals surface area contributed by atoms with Gasteiger partial charge in [-0.25, -0.2) is 4.98 Å². The highest BCUT2D eigenvalue weighted by Gasteiger charge is 2.23. The Morgan fingerprint density at radius 3 is 2.70 bits per heavy atom. The van der Waals surface area contributed by atoms with Crippen molar-refractivity contribution in [2.24, 2.45) is 5.92 Å². The molecular weight excluding hydrogens is 382 g/mol. The summed E-state index contributed by atoms with van der Waals surface area (Å²) in [6, 6.07) is 4.60. The van der Waals surface area contributed by atoms with E-state index in [1.165, 1.54) is 12.8 Å². The lowest BCUT2D eigenvalue weighted by Gasteiger charge is -2.30. The second-order valence-electron chi connectivity index (χ2n) is 8.16. The molecule has 0 spiro atoms. The van der Waals surface area contributed by atoms with E-state index in [-0.39, 0.29) is 0 Å². The lowest BCUT2D eigenvalue weighted by Crippen LogP contribution is -2.34. The van der Waals surface area contributed by atoms with E-state index in [4.69, 9.17) is 8.94 Å². The van der Waals surface area contributed by atoms with Crippen LogP contribution in [0.25, 0.3) is 11.5 Å². The number of hydrogen-bond donors (Lipinski definition) is 1. The van der Waals surface area contributed by atoms with Crippen molar-refractivity contribution in [3.63, 3.8) is 0 Å². The fraction of sp³-hybridized carbons (Fsp3) is 0.571. The Morgan fingerprint density at radius 1 is 1.20 bits per heavy atom. The minimum Gasteiger partial charge on any atom is -0.423 e. The molecule has 0 bridgehead atoms. The van der Waals surface area contributed by atoms with Crippen LogP contribution in [0, 0.1) is 12.8 Å². The average Bonchev–Trinajstić information content (AvgIpc) is 3.44. The molecule has 9 heteroatoms. The first kappa shape index (κ1) is 20.3. The Kier molecular flexibility index (Phi) is 6.25. The summed E-state index contributed by atoms with van der Waals surface area (Å²) >= 11 is 0. The van der Waals surface area contributed by atoms with Crippen molar-refractivity contribution >= 4 is 11.8 Å². The van der Waals surface area contributed by atoms with E-state index >= 15 is 0 Å². The smallest absolute Gasteiger partial charge is 0.324 e. The molecule has 4 heterocycles. The number of pyridine rings is 1. The molecule has 0 aromatic carbocycles. The molecule has 0 saturated carbocycles. The molecule has 0 aliphatic carbocycles. The zero-order valence-corrected chi connectivity index (χ0v) is 17.8. The van der Waals surface area contributed by atoms with E-state index in [2.05, 4.69) is 49.4 Å². The Labute approximate surface area is 176 Å². The first-order valence-electron chi connectivity index (χ1n) is 10.7. The van der Waals surface area contributed by atoms with Gasteiger partial charge in [-0.3, -0.25) is 0 Å². The Morgan fingerprint density at radius 2 is 2.03 bits per heavy atom. The van der Waals surface area contributed by atoms with Crippen LogP contribution >= 0.6 is 0 Å². The maximum atomic E-state index is 5.42. The highest BCUT2D eigenvalue weighted by molar-refractivity contribution is 5.58. The summed E-state index contributed by atoms with van der Waals surface area (Å²) in [4.78, 5) is 11.3. The highest BCUT2D eigenvalue weighted by Crippen LogP contribution is 2.26. The number of aryl methyl sites for hydroxylation is 1. The van der Waals surface area contributed by atoms with Gasteiger partial charge in [0.05, 0.1) is 11.3 Å². The number of nitrogens with zero attached hydrogens (tertiary/aromatic N) is 6. The molecule has 9 nitrogen and oxygen atoms in total. The van der Waals surface area contributed by atoms with Crippen molar-refractivity contribution in [2.45, 2.75) is 52.4 Å². The van der Waals surface area contributed by atoms with Crippen LogP contribution in [0.3, 0.4) is 0 Å². The molecule has 0 unspecified atom stereocenters. The molecule has 0 radical (unpaired) electrons. The largest absolute Gasteiger partial charge is 0.423 e. The molecule has 1 aliphatic rings. The molecular formula is C21H29N7O2. The number of aromatic nitrogens is 5. The van der Waals surface area contributed by atoms with E-state index in [0.717, 1.165) is 67.7 Å². The van der Waals surface area contributed by atoms with Gasteiger partial charge in [0.25, 0.3) is 0 Å². The van der Waals surface area contributed by atoms with Crippen LogP contribution < -0.4 is 10.2 Å². The predicted octanol–water partition coefficient (Wildman–Crippen LogP) is 4.06. The van der Waals surface area contributed by atoms with Gasteiger partial charge < -0.3 is 19.2 Å². The van der Waals surface area contributed by atoms with Crippen LogP contribution in [-0.4, -0.2) is 45.0 Å². The molecule has 0 amide bonds. The quantitative estimate of drug-likeness (QED) is 0.549. The van der Waals surface area contributed by atoms with Crippen molar-refractivity contribution in [1.82, 2.24) is 25.3 Å². The number of piperidine rings is 1. The van der Waals surface area contributed by atoms with Gasteiger partial charge in [-0.05, 0) is 50.7 Å². The van der Waals surface area contributed by atoms with Crippen molar-refractivity contribution < 1.29 is 8.94 Å². The minimum atomic E-state index is 0.292. The molecule has 4 rings (SSSR count). The zero-order valence-electron chi connectivity index (χ0n) is 17.8. The fourth-order valence-corrected chi connectivity index (χ4v) is 3.79. The predicted molar refractivity (Wildman–Crippen MR) is 113 cm³/mol. The zero-order chi connectivity index (χ0) is 20.9. The number of hydrogen-bond acceptors (Lipinski definition) is 9. The van der Waals surface area contributed by atoms with Gasteiger partial charge >= 0.3 is 6.01 Å². The van der Waals surface area contributed by atoms with Crippen LogP contribution in [0.2, 0.25) is 0 Å². The lowest BCUT2D eigenvalue weighted by atomic mass is 9.92. The Bertz CT molecular complexity index is 931. The summed E-state index contributed by atoms with van der Waals surface area (Å²) < 4.78 is 10.7. The van der Waals surface area contributed by atoms with Crippen molar-refractivity contribution in [3.8, 4) is 11.5 Å². The summed E-state index contributed by atoms with van der Waals surface area (Å²) in [7, 11) is 0. The molecule has 30 heavy (non-hydrogen) atoms. The van der Waals surface area contributed by atoms with Gasteiger partial charge in [-0.15, -0.1) is 10.2 Å². The summed E-state index contributed by atoms with van der Waals surface area (Å²) in [5, 5.41) is 15.2. The SMILES string of the molecule is Cc1nc(NCCCC2CCN(c3nc(C(C)C)no3)CC2)ccc1-c1nnco1. The van der Waals surface area contributed by atoms with Crippen LogP contribution in [0.15, 0.2) is 27.5 Å². The van der Waals surface area contributed by atoms with Crippen molar-refractivity contribution in [1.29, 1.82) is 0 Å². The van der Waals surface area contributed by atoms with Crippen LogP contribution in [0.4, 0.5) is 11.8 Å². The highest BCUT2D eigenvalue weighted by atomic mass is 16.5. The third kappa shape index (κ3) is 4.77. The second kappa shape index (κ2) is 9.23. The average molecular weight is 412 g/mol. The van der Waals surface area contributed by atoms with Crippen LogP contribution in [0.5, 0.6) is 0 Å². The second-order valence-corrected chi connectivity index (χ2v) is 8.16. The monoisotopic (exact) mass is 411 g/mol. The maximum absolute atomic E-state index is 5.42. The van der Waals surface area contributed by atoms with Gasteiger partial charge in [-0.2, -0.15) is 4.98 Å². The van der Waals surface area contributed by atoms with Gasteiger partial charge in [0.1, 0.15) is 5.82 Å². The summed E-state index contributed by atoms with van der Waals surface area (Å²) in [5.74, 6) is 3.19. The van der Waals surface area contributed by atoms with Gasteiger partial charge in [-0.1, -0.05) is 19.0 Å². The summed E-state index contributed by atoms with van der Waals surface area (Å²) in [5.41, 5.74) is 1.74. The minimum absolute atomic E-state index is 0.292. The molecule has 1 N–H and O–H groups in total. The molecule has 0 atom stereocenters. The number of rotatable bonds is 8. The molecule has 1 fully saturated rings. The first-order chi connectivity index (χ1) is 14.6. The summed E-state index contributed by atoms with van der Waals surface area (Å²) in [6.07, 6.45) is 5.98. The molecule has 3 aromatic heterocycles. The third-order valence-corrected chi connectivity index (χ3v) is 5.60. The van der Waals surface area contributed by atoms with Crippen LogP contribution in [-0.2, 0) is 0 Å². The Balaban J connectivity index is 1.18. The van der Waals surface area contributed by atoms with Crippen molar-refractivity contribution in [2.75, 3.05) is 29.9 Å². The van der Waals surface area contributed by atoms with E-state index in [1.54, 1.807) is 0 Å².